The van der Waals surface area contributed by atoms with Crippen LogP contribution in [-0.2, 0) is 24.3 Å². The van der Waals surface area contributed by atoms with Crippen molar-refractivity contribution in [3.8, 4) is 0 Å². The van der Waals surface area contributed by atoms with Crippen LogP contribution in [0.25, 0.3) is 5.73 Å². The van der Waals surface area contributed by atoms with Crippen molar-refractivity contribution >= 4 is 49.0 Å². The topological polar surface area (TPSA) is 61.1 Å². The summed E-state index contributed by atoms with van der Waals surface area (Å²) in [5.41, 5.74) is 6.19. The predicted octanol–water partition coefficient (Wildman–Crippen LogP) is 2.75. The smallest absolute Gasteiger partial charge is 0.231 e. The fourth-order valence-corrected chi connectivity index (χ4v) is 0. The van der Waals surface area contributed by atoms with Crippen LogP contribution in [0, 0.1) is 0 Å². The van der Waals surface area contributed by atoms with E-state index < -0.39 is 18.0 Å². The zero-order valence-corrected chi connectivity index (χ0v) is 13.9. The Balaban J connectivity index is -0.000000150. The molecule has 0 bridgehead atoms. The average Bonchev–Trinajstić information content (AvgIpc) is 1.55. The SMILES string of the molecule is C[Si](C)(C)O.[NH-]C(=O)C(Cl)(Cl)Cl.[Zn]. The summed E-state index contributed by atoms with van der Waals surface area (Å²) in [5.74, 6) is -1.21. The van der Waals surface area contributed by atoms with Crippen LogP contribution < -0.4 is 0 Å². The van der Waals surface area contributed by atoms with Crippen LogP contribution >= 0.6 is 34.8 Å². The van der Waals surface area contributed by atoms with Gasteiger partial charge in [-0.15, -0.1) is 0 Å². The van der Waals surface area contributed by atoms with Crippen LogP contribution in [-0.4, -0.2) is 22.8 Å². The van der Waals surface area contributed by atoms with Gasteiger partial charge in [-0.25, -0.2) is 0 Å². The Morgan fingerprint density at radius 2 is 1.38 bits per heavy atom. The van der Waals surface area contributed by atoms with Gasteiger partial charge in [0.25, 0.3) is 0 Å². The molecule has 0 aliphatic carbocycles. The third kappa shape index (κ3) is 32.0. The van der Waals surface area contributed by atoms with Crippen LogP contribution in [0.15, 0.2) is 0 Å². The van der Waals surface area contributed by atoms with Gasteiger partial charge in [-0.05, 0) is 19.6 Å². The number of halogens is 3. The second-order valence-electron chi connectivity index (χ2n) is 3.00. The summed E-state index contributed by atoms with van der Waals surface area (Å²) in [5, 5.41) is 0. The molecule has 0 aromatic rings. The number of carbonyl (C=O) groups excluding carboxylic acids is 1. The van der Waals surface area contributed by atoms with Gasteiger partial charge in [-0.2, -0.15) is 0 Å². The van der Waals surface area contributed by atoms with Crippen LogP contribution in [0.3, 0.4) is 0 Å². The van der Waals surface area contributed by atoms with E-state index in [4.69, 9.17) is 45.3 Å². The third-order valence-electron chi connectivity index (χ3n) is 0.257. The first-order valence-corrected chi connectivity index (χ1v) is 7.58. The molecule has 0 fully saturated rings. The van der Waals surface area contributed by atoms with Crippen LogP contribution in [0.2, 0.25) is 19.6 Å². The van der Waals surface area contributed by atoms with Gasteiger partial charge in [0.15, 0.2) is 8.32 Å². The molecular formula is C5H11Cl3NO2SiZn-. The summed E-state index contributed by atoms with van der Waals surface area (Å²) >= 11 is 14.6. The number of nitrogens with one attached hydrogen (secondary N) is 1. The maximum atomic E-state index is 9.74. The molecule has 1 amide bonds. The molecule has 0 unspecified atom stereocenters. The van der Waals surface area contributed by atoms with Crippen molar-refractivity contribution in [2.24, 2.45) is 0 Å². The van der Waals surface area contributed by atoms with Gasteiger partial charge in [-0.1, -0.05) is 34.8 Å². The van der Waals surface area contributed by atoms with E-state index in [9.17, 15) is 4.79 Å². The molecule has 0 radical (unpaired) electrons. The molecule has 2 N–H and O–H groups in total. The Hall–Kier alpha value is 1.14. The Labute approximate surface area is 107 Å². The summed E-state index contributed by atoms with van der Waals surface area (Å²) in [7, 11) is -1.61. The van der Waals surface area contributed by atoms with Crippen molar-refractivity contribution in [2.75, 3.05) is 0 Å². The number of hydrogen-bond donors (Lipinski definition) is 1. The minimum absolute atomic E-state index is 0. The second-order valence-corrected chi connectivity index (χ2v) is 9.62. The predicted molar refractivity (Wildman–Crippen MR) is 55.2 cm³/mol. The van der Waals surface area contributed by atoms with Gasteiger partial charge in [0.1, 0.15) is 5.91 Å². The van der Waals surface area contributed by atoms with E-state index in [2.05, 4.69) is 0 Å². The molecule has 3 nitrogen and oxygen atoms in total. The maximum Gasteiger partial charge on any atom is 0.231 e. The number of amides is 1. The van der Waals surface area contributed by atoms with Gasteiger partial charge in [-0.3, -0.25) is 0 Å². The van der Waals surface area contributed by atoms with Crippen molar-refractivity contribution in [3.05, 3.63) is 5.73 Å². The van der Waals surface area contributed by atoms with Gasteiger partial charge in [0, 0.05) is 19.5 Å². The summed E-state index contributed by atoms with van der Waals surface area (Å²) < 4.78 is -2.06. The monoisotopic (exact) mass is 314 g/mol. The third-order valence-corrected chi connectivity index (χ3v) is 0.772. The quantitative estimate of drug-likeness (QED) is 0.552. The normalized spacial score (nSPS) is 10.7. The van der Waals surface area contributed by atoms with Crippen LogP contribution in [0.5, 0.6) is 0 Å². The molecule has 0 rings (SSSR count). The van der Waals surface area contributed by atoms with E-state index in [1.165, 1.54) is 0 Å². The van der Waals surface area contributed by atoms with Gasteiger partial charge < -0.3 is 15.3 Å². The Bertz CT molecular complexity index is 151. The second kappa shape index (κ2) is 7.43. The van der Waals surface area contributed by atoms with Gasteiger partial charge in [0.05, 0.1) is 0 Å². The van der Waals surface area contributed by atoms with Crippen molar-refractivity contribution in [1.29, 1.82) is 0 Å². The molecule has 76 valence electrons. The number of alkyl halides is 3. The minimum atomic E-state index is -2.06. The van der Waals surface area contributed by atoms with Crippen LogP contribution in [0.4, 0.5) is 0 Å². The first-order chi connectivity index (χ1) is 4.94. The van der Waals surface area contributed by atoms with Gasteiger partial charge in [0.2, 0.25) is 3.79 Å². The van der Waals surface area contributed by atoms with E-state index >= 15 is 0 Å². The van der Waals surface area contributed by atoms with E-state index in [0.29, 0.717) is 0 Å². The summed E-state index contributed by atoms with van der Waals surface area (Å²) in [6.07, 6.45) is 0. The molecule has 0 saturated carbocycles. The Kier molecular flexibility index (Phi) is 11.3. The number of hydrogen-bond acceptors (Lipinski definition) is 2. The van der Waals surface area contributed by atoms with E-state index in [0.717, 1.165) is 0 Å². The Morgan fingerprint density at radius 1 is 1.31 bits per heavy atom. The summed E-state index contributed by atoms with van der Waals surface area (Å²) in [4.78, 5) is 18.4. The largest absolute Gasteiger partial charge is 0.664 e. The molecule has 0 aliphatic rings. The summed E-state index contributed by atoms with van der Waals surface area (Å²) in [6, 6.07) is 0. The average molecular weight is 317 g/mol. The molecule has 0 atom stereocenters. The van der Waals surface area contributed by atoms with Gasteiger partial charge >= 0.3 is 0 Å². The molecule has 0 saturated heterocycles. The molecule has 13 heavy (non-hydrogen) atoms. The molecule has 0 heterocycles. The molecule has 0 aromatic heterocycles. The number of rotatable bonds is 0. The molecule has 0 aromatic carbocycles. The fourth-order valence-electron chi connectivity index (χ4n) is 0. The minimum Gasteiger partial charge on any atom is -0.664 e. The zero-order valence-electron chi connectivity index (χ0n) is 7.70. The van der Waals surface area contributed by atoms with Crippen molar-refractivity contribution < 1.29 is 29.1 Å². The maximum absolute atomic E-state index is 9.74. The fraction of sp³-hybridized carbons (Fsp3) is 0.800. The summed E-state index contributed by atoms with van der Waals surface area (Å²) in [6.45, 7) is 5.65. The molecule has 8 heteroatoms. The zero-order chi connectivity index (χ0) is 10.6. The first kappa shape index (κ1) is 19.7. The van der Waals surface area contributed by atoms with Crippen molar-refractivity contribution in [2.45, 2.75) is 23.4 Å². The molecule has 0 spiro atoms. The van der Waals surface area contributed by atoms with Crippen LogP contribution in [0.1, 0.15) is 0 Å². The number of carbonyl (C=O) groups is 1. The molecular weight excluding hydrogens is 306 g/mol. The van der Waals surface area contributed by atoms with E-state index in [1.54, 1.807) is 0 Å². The van der Waals surface area contributed by atoms with E-state index in [1.807, 2.05) is 19.6 Å². The van der Waals surface area contributed by atoms with Crippen molar-refractivity contribution in [1.82, 2.24) is 0 Å². The molecule has 0 aliphatic heterocycles. The Morgan fingerprint density at radius 3 is 1.38 bits per heavy atom. The van der Waals surface area contributed by atoms with Crippen molar-refractivity contribution in [3.63, 3.8) is 0 Å². The first-order valence-electron chi connectivity index (χ1n) is 2.99. The standard InChI is InChI=1S/C3H10OSi.C2H2Cl3NO.Zn/c1-5(2,3)4;3-2(4,5)1(6)7;/h4H,1-3H3;(H2,6,7);/p-1. The van der Waals surface area contributed by atoms with E-state index in [-0.39, 0.29) is 19.5 Å².